The topological polar surface area (TPSA) is 80.0 Å². The number of anilines is 2. The molecule has 0 aliphatic carbocycles. The number of nitrogen functional groups attached to an aromatic ring is 1. The lowest BCUT2D eigenvalue weighted by Crippen LogP contribution is -2.26. The molecule has 5 heteroatoms. The van der Waals surface area contributed by atoms with Gasteiger partial charge in [-0.05, 0) is 44.0 Å². The number of pyridine rings is 1. The number of aryl methyl sites for hydroxylation is 2. The number of nitrogens with one attached hydrogen (secondary N) is 2. The first-order valence-corrected chi connectivity index (χ1v) is 7.38. The average molecular weight is 298 g/mol. The van der Waals surface area contributed by atoms with E-state index in [1.165, 1.54) is 0 Å². The third-order valence-electron chi connectivity index (χ3n) is 3.42. The third kappa shape index (κ3) is 4.22. The number of hydrogen-bond donors (Lipinski definition) is 3. The van der Waals surface area contributed by atoms with Gasteiger partial charge in [-0.3, -0.25) is 4.79 Å². The Hall–Kier alpha value is -2.56. The minimum atomic E-state index is -0.0445. The van der Waals surface area contributed by atoms with Crippen LogP contribution in [0.5, 0.6) is 0 Å². The molecule has 116 valence electrons. The van der Waals surface area contributed by atoms with Crippen LogP contribution in [0.25, 0.3) is 0 Å². The van der Waals surface area contributed by atoms with Gasteiger partial charge in [0.1, 0.15) is 5.82 Å². The van der Waals surface area contributed by atoms with Gasteiger partial charge in [0.15, 0.2) is 0 Å². The summed E-state index contributed by atoms with van der Waals surface area (Å²) in [4.78, 5) is 16.2. The summed E-state index contributed by atoms with van der Waals surface area (Å²) >= 11 is 0. The molecule has 4 N–H and O–H groups in total. The number of carbonyl (C=O) groups is 1. The molecule has 1 amide bonds. The Balaban J connectivity index is 1.73. The van der Waals surface area contributed by atoms with Crippen LogP contribution >= 0.6 is 0 Å². The van der Waals surface area contributed by atoms with Gasteiger partial charge in [0.2, 0.25) is 0 Å². The molecule has 5 nitrogen and oxygen atoms in total. The molecule has 0 spiro atoms. The van der Waals surface area contributed by atoms with E-state index in [0.717, 1.165) is 17.5 Å². The Kier molecular flexibility index (Phi) is 5.36. The molecule has 0 fully saturated rings. The van der Waals surface area contributed by atoms with E-state index in [1.807, 2.05) is 44.2 Å². The highest BCUT2D eigenvalue weighted by Gasteiger charge is 2.05. The zero-order valence-corrected chi connectivity index (χ0v) is 13.0. The number of benzene rings is 1. The van der Waals surface area contributed by atoms with Crippen molar-refractivity contribution in [2.45, 2.75) is 20.3 Å². The van der Waals surface area contributed by atoms with Gasteiger partial charge in [-0.15, -0.1) is 0 Å². The lowest BCUT2D eigenvalue weighted by Gasteiger charge is -2.10. The normalized spacial score (nSPS) is 10.3. The van der Waals surface area contributed by atoms with Crippen LogP contribution < -0.4 is 16.4 Å². The van der Waals surface area contributed by atoms with Gasteiger partial charge in [-0.25, -0.2) is 4.98 Å². The Morgan fingerprint density at radius 1 is 1.23 bits per heavy atom. The number of aromatic nitrogens is 1. The summed E-state index contributed by atoms with van der Waals surface area (Å²) in [6.07, 6.45) is 2.53. The molecule has 0 aliphatic rings. The molecule has 1 aromatic carbocycles. The molecular formula is C17H22N4O. The lowest BCUT2D eigenvalue weighted by molar-refractivity contribution is 0.0953. The molecule has 1 aromatic heterocycles. The molecule has 0 saturated carbocycles. The van der Waals surface area contributed by atoms with Crippen LogP contribution in [0.1, 0.15) is 27.9 Å². The molecule has 0 aliphatic heterocycles. The van der Waals surface area contributed by atoms with Crippen molar-refractivity contribution in [3.05, 3.63) is 53.2 Å². The van der Waals surface area contributed by atoms with Crippen LogP contribution in [0.3, 0.4) is 0 Å². The standard InChI is InChI=1S/C17H22N4O/c1-12-5-3-6-14(11-12)17(22)21-9-4-8-19-16-15(18)13(2)7-10-20-16/h3,5-7,10-11H,4,8-9,18H2,1-2H3,(H,19,20)(H,21,22). The number of hydrogen-bond acceptors (Lipinski definition) is 4. The smallest absolute Gasteiger partial charge is 0.251 e. The second-order valence-electron chi connectivity index (χ2n) is 5.30. The maximum atomic E-state index is 12.0. The van der Waals surface area contributed by atoms with E-state index in [1.54, 1.807) is 6.20 Å². The second kappa shape index (κ2) is 7.45. The first-order chi connectivity index (χ1) is 10.6. The first-order valence-electron chi connectivity index (χ1n) is 7.38. The van der Waals surface area contributed by atoms with E-state index in [4.69, 9.17) is 5.73 Å². The number of nitrogens with zero attached hydrogens (tertiary/aromatic N) is 1. The first kappa shape index (κ1) is 15.8. The van der Waals surface area contributed by atoms with Crippen LogP contribution in [0.15, 0.2) is 36.5 Å². The van der Waals surface area contributed by atoms with Gasteiger partial charge in [-0.1, -0.05) is 17.7 Å². The fourth-order valence-corrected chi connectivity index (χ4v) is 2.10. The van der Waals surface area contributed by atoms with Crippen LogP contribution in [0.2, 0.25) is 0 Å². The molecule has 0 radical (unpaired) electrons. The predicted octanol–water partition coefficient (Wildman–Crippen LogP) is 2.51. The minimum Gasteiger partial charge on any atom is -0.396 e. The Morgan fingerprint density at radius 2 is 2.05 bits per heavy atom. The van der Waals surface area contributed by atoms with E-state index in [2.05, 4.69) is 15.6 Å². The van der Waals surface area contributed by atoms with Crippen molar-refractivity contribution in [2.75, 3.05) is 24.1 Å². The van der Waals surface area contributed by atoms with Gasteiger partial charge < -0.3 is 16.4 Å². The van der Waals surface area contributed by atoms with E-state index < -0.39 is 0 Å². The number of carbonyl (C=O) groups excluding carboxylic acids is 1. The molecule has 0 saturated heterocycles. The quantitative estimate of drug-likeness (QED) is 0.716. The van der Waals surface area contributed by atoms with Crippen molar-refractivity contribution in [3.8, 4) is 0 Å². The summed E-state index contributed by atoms with van der Waals surface area (Å²) < 4.78 is 0. The van der Waals surface area contributed by atoms with Crippen LogP contribution in [0.4, 0.5) is 11.5 Å². The summed E-state index contributed by atoms with van der Waals surface area (Å²) in [6, 6.07) is 9.43. The highest BCUT2D eigenvalue weighted by atomic mass is 16.1. The van der Waals surface area contributed by atoms with E-state index >= 15 is 0 Å². The summed E-state index contributed by atoms with van der Waals surface area (Å²) in [7, 11) is 0. The second-order valence-corrected chi connectivity index (χ2v) is 5.30. The van der Waals surface area contributed by atoms with Crippen molar-refractivity contribution in [1.82, 2.24) is 10.3 Å². The molecule has 1 heterocycles. The zero-order valence-electron chi connectivity index (χ0n) is 13.0. The van der Waals surface area contributed by atoms with Gasteiger partial charge in [0.05, 0.1) is 5.69 Å². The fraction of sp³-hybridized carbons (Fsp3) is 0.294. The molecule has 2 aromatic rings. The van der Waals surface area contributed by atoms with Crippen LogP contribution in [0, 0.1) is 13.8 Å². The Morgan fingerprint density at radius 3 is 2.82 bits per heavy atom. The van der Waals surface area contributed by atoms with Crippen LogP contribution in [-0.4, -0.2) is 24.0 Å². The molecule has 0 unspecified atom stereocenters. The van der Waals surface area contributed by atoms with Crippen molar-refractivity contribution in [2.24, 2.45) is 0 Å². The number of rotatable bonds is 6. The predicted molar refractivity (Wildman–Crippen MR) is 90.0 cm³/mol. The largest absolute Gasteiger partial charge is 0.396 e. The number of nitrogens with two attached hydrogens (primary N) is 1. The fourth-order valence-electron chi connectivity index (χ4n) is 2.10. The maximum absolute atomic E-state index is 12.0. The van der Waals surface area contributed by atoms with Gasteiger partial charge in [0.25, 0.3) is 5.91 Å². The summed E-state index contributed by atoms with van der Waals surface area (Å²) in [5.41, 5.74) is 9.39. The summed E-state index contributed by atoms with van der Waals surface area (Å²) in [5.74, 6) is 0.655. The number of amides is 1. The SMILES string of the molecule is Cc1cccc(C(=O)NCCCNc2nccc(C)c2N)c1. The van der Waals surface area contributed by atoms with Gasteiger partial charge >= 0.3 is 0 Å². The highest BCUT2D eigenvalue weighted by molar-refractivity contribution is 5.94. The monoisotopic (exact) mass is 298 g/mol. The molecular weight excluding hydrogens is 276 g/mol. The van der Waals surface area contributed by atoms with E-state index in [0.29, 0.717) is 30.2 Å². The lowest BCUT2D eigenvalue weighted by atomic mass is 10.1. The van der Waals surface area contributed by atoms with Crippen molar-refractivity contribution in [3.63, 3.8) is 0 Å². The van der Waals surface area contributed by atoms with Gasteiger partial charge in [0, 0.05) is 24.8 Å². The molecule has 0 bridgehead atoms. The average Bonchev–Trinajstić information content (AvgIpc) is 2.51. The highest BCUT2D eigenvalue weighted by Crippen LogP contribution is 2.18. The van der Waals surface area contributed by atoms with Gasteiger partial charge in [-0.2, -0.15) is 0 Å². The zero-order chi connectivity index (χ0) is 15.9. The summed E-state index contributed by atoms with van der Waals surface area (Å²) in [6.45, 7) is 5.23. The minimum absolute atomic E-state index is 0.0445. The van der Waals surface area contributed by atoms with Crippen molar-refractivity contribution < 1.29 is 4.79 Å². The maximum Gasteiger partial charge on any atom is 0.251 e. The van der Waals surface area contributed by atoms with E-state index in [9.17, 15) is 4.79 Å². The van der Waals surface area contributed by atoms with E-state index in [-0.39, 0.29) is 5.91 Å². The third-order valence-corrected chi connectivity index (χ3v) is 3.42. The molecule has 2 rings (SSSR count). The Labute approximate surface area is 130 Å². The van der Waals surface area contributed by atoms with Crippen molar-refractivity contribution >= 4 is 17.4 Å². The Bertz CT molecular complexity index is 655. The molecule has 0 atom stereocenters. The molecule has 22 heavy (non-hydrogen) atoms. The van der Waals surface area contributed by atoms with Crippen LogP contribution in [-0.2, 0) is 0 Å². The van der Waals surface area contributed by atoms with Crippen molar-refractivity contribution in [1.29, 1.82) is 0 Å². The summed E-state index contributed by atoms with van der Waals surface area (Å²) in [5, 5.41) is 6.10.